The van der Waals surface area contributed by atoms with Gasteiger partial charge in [0.25, 0.3) is 0 Å². The van der Waals surface area contributed by atoms with Gasteiger partial charge in [0.2, 0.25) is 0 Å². The van der Waals surface area contributed by atoms with E-state index in [-0.39, 0.29) is 42.1 Å². The van der Waals surface area contributed by atoms with Crippen molar-refractivity contribution in [3.63, 3.8) is 0 Å². The Labute approximate surface area is 159 Å². The average Bonchev–Trinajstić information content (AvgIpc) is 2.28. The van der Waals surface area contributed by atoms with Crippen LogP contribution in [0.5, 0.6) is 0 Å². The maximum Gasteiger partial charge on any atom is 0.329 e. The number of hydrogen-bond acceptors (Lipinski definition) is 6. The number of halogens is 4. The number of carbonyl (C=O) groups excluding carboxylic acids is 2. The Kier molecular flexibility index (Phi) is 12.6. The highest BCUT2D eigenvalue weighted by atomic mass is 127. The Morgan fingerprint density at radius 2 is 1.28 bits per heavy atom. The number of ether oxygens (including phenoxy) is 2. The molecule has 18 heavy (non-hydrogen) atoms. The highest BCUT2D eigenvalue weighted by Gasteiger charge is 2.13. The van der Waals surface area contributed by atoms with E-state index in [1.54, 1.807) is 0 Å². The van der Waals surface area contributed by atoms with Gasteiger partial charge in [0.05, 0.1) is 13.1 Å². The lowest BCUT2D eigenvalue weighted by molar-refractivity contribution is -0.151. The molecule has 0 fully saturated rings. The Hall–Kier alpha value is 1.78. The van der Waals surface area contributed by atoms with Crippen molar-refractivity contribution >= 4 is 102 Å². The Balaban J connectivity index is 3.57. The molecule has 0 unspecified atom stereocenters. The van der Waals surface area contributed by atoms with Gasteiger partial charge in [-0.1, -0.05) is 90.4 Å². The molecule has 0 aromatic heterocycles. The van der Waals surface area contributed by atoms with Gasteiger partial charge in [-0.2, -0.15) is 5.06 Å². The number of nitrogens with zero attached hydrogens (tertiary/aromatic N) is 1. The van der Waals surface area contributed by atoms with Crippen LogP contribution in [0.2, 0.25) is 0 Å². The van der Waals surface area contributed by atoms with Crippen molar-refractivity contribution in [3.8, 4) is 0 Å². The van der Waals surface area contributed by atoms with Gasteiger partial charge in [-0.3, -0.25) is 9.59 Å². The van der Waals surface area contributed by atoms with Crippen LogP contribution in [0.4, 0.5) is 0 Å². The Bertz CT molecular complexity index is 250. The fraction of sp³-hybridized carbons (Fsp3) is 0.750. The van der Waals surface area contributed by atoms with Gasteiger partial charge < -0.3 is 14.7 Å². The largest absolute Gasteiger partial charge is 0.463 e. The lowest BCUT2D eigenvalue weighted by atomic mass is 10.6. The second kappa shape index (κ2) is 11.4. The summed E-state index contributed by atoms with van der Waals surface area (Å²) in [5.74, 6) is -0.651. The standard InChI is InChI=1S/C8H11I4NO5/c9-5(10)7(14)17-3-1-13(16)2-4-18-8(15)6(11)12/h5-6,16H,1-4H2. The van der Waals surface area contributed by atoms with E-state index in [1.807, 2.05) is 90.4 Å². The second-order valence-electron chi connectivity index (χ2n) is 2.89. The third-order valence-corrected chi connectivity index (χ3v) is 3.58. The molecular weight excluding hydrogens is 698 g/mol. The van der Waals surface area contributed by atoms with Crippen LogP contribution in [-0.2, 0) is 19.1 Å². The molecule has 0 aromatic rings. The summed E-state index contributed by atoms with van der Waals surface area (Å²) >= 11 is 7.75. The van der Waals surface area contributed by atoms with Crippen LogP contribution in [0.15, 0.2) is 0 Å². The van der Waals surface area contributed by atoms with Gasteiger partial charge in [0.15, 0.2) is 3.86 Å². The molecule has 0 spiro atoms. The van der Waals surface area contributed by atoms with Crippen LogP contribution in [0.25, 0.3) is 0 Å². The highest BCUT2D eigenvalue weighted by Crippen LogP contribution is 2.11. The summed E-state index contributed by atoms with van der Waals surface area (Å²) < 4.78 is 9.27. The summed E-state index contributed by atoms with van der Waals surface area (Å²) in [6, 6.07) is 0. The zero-order chi connectivity index (χ0) is 14.1. The predicted octanol–water partition coefficient (Wildman–Crippen LogP) is 2.16. The molecule has 0 aliphatic carbocycles. The molecule has 0 heterocycles. The van der Waals surface area contributed by atoms with Crippen LogP contribution in [0, 0.1) is 0 Å². The number of hydrogen-bond donors (Lipinski definition) is 1. The quantitative estimate of drug-likeness (QED) is 0.181. The molecule has 10 heteroatoms. The highest BCUT2D eigenvalue weighted by molar-refractivity contribution is 14.2. The van der Waals surface area contributed by atoms with E-state index in [0.29, 0.717) is 0 Å². The molecule has 106 valence electrons. The van der Waals surface area contributed by atoms with Crippen molar-refractivity contribution in [2.45, 2.75) is 3.86 Å². The SMILES string of the molecule is O=C(OCCN(O)CCOC(=O)C(I)I)C(I)I. The van der Waals surface area contributed by atoms with E-state index in [2.05, 4.69) is 0 Å². The van der Waals surface area contributed by atoms with Crippen molar-refractivity contribution in [3.05, 3.63) is 0 Å². The van der Waals surface area contributed by atoms with Crippen molar-refractivity contribution in [2.24, 2.45) is 0 Å². The van der Waals surface area contributed by atoms with Crippen molar-refractivity contribution < 1.29 is 24.3 Å². The first-order chi connectivity index (χ1) is 8.34. The van der Waals surface area contributed by atoms with Crippen LogP contribution in [0.3, 0.4) is 0 Å². The zero-order valence-electron chi connectivity index (χ0n) is 9.02. The first kappa shape index (κ1) is 19.8. The molecule has 0 radical (unpaired) electrons. The van der Waals surface area contributed by atoms with E-state index in [0.717, 1.165) is 5.06 Å². The molecule has 0 aliphatic rings. The van der Waals surface area contributed by atoms with Crippen molar-refractivity contribution in [1.82, 2.24) is 5.06 Å². The van der Waals surface area contributed by atoms with E-state index >= 15 is 0 Å². The van der Waals surface area contributed by atoms with Crippen molar-refractivity contribution in [1.29, 1.82) is 0 Å². The van der Waals surface area contributed by atoms with Crippen LogP contribution in [0.1, 0.15) is 0 Å². The maximum atomic E-state index is 11.1. The predicted molar refractivity (Wildman–Crippen MR) is 98.9 cm³/mol. The number of rotatable bonds is 8. The van der Waals surface area contributed by atoms with Gasteiger partial charge in [0, 0.05) is 0 Å². The number of carbonyl (C=O) groups is 2. The molecule has 0 bridgehead atoms. The zero-order valence-corrected chi connectivity index (χ0v) is 17.7. The van der Waals surface area contributed by atoms with Gasteiger partial charge in [-0.25, -0.2) is 0 Å². The summed E-state index contributed by atoms with van der Waals surface area (Å²) in [5, 5.41) is 10.3. The summed E-state index contributed by atoms with van der Waals surface area (Å²) in [6.07, 6.45) is 0. The minimum atomic E-state index is -0.325. The fourth-order valence-corrected chi connectivity index (χ4v) is 1.46. The normalized spacial score (nSPS) is 11.1. The molecule has 0 amide bonds. The summed E-state index contributed by atoms with van der Waals surface area (Å²) in [5.41, 5.74) is 0. The number of alkyl halides is 4. The third-order valence-electron chi connectivity index (χ3n) is 1.54. The van der Waals surface area contributed by atoms with Gasteiger partial charge in [-0.05, 0) is 0 Å². The van der Waals surface area contributed by atoms with E-state index in [4.69, 9.17) is 9.47 Å². The van der Waals surface area contributed by atoms with E-state index in [9.17, 15) is 14.8 Å². The molecule has 0 atom stereocenters. The molecule has 0 aliphatic heterocycles. The summed E-state index contributed by atoms with van der Waals surface area (Å²) in [4.78, 5) is 22.2. The smallest absolute Gasteiger partial charge is 0.329 e. The first-order valence-corrected chi connectivity index (χ1v) is 9.66. The third kappa shape index (κ3) is 10.6. The van der Waals surface area contributed by atoms with Crippen LogP contribution >= 0.6 is 90.4 Å². The van der Waals surface area contributed by atoms with E-state index < -0.39 is 0 Å². The minimum Gasteiger partial charge on any atom is -0.463 e. The topological polar surface area (TPSA) is 76.1 Å². The van der Waals surface area contributed by atoms with Gasteiger partial charge >= 0.3 is 11.9 Å². The molecule has 6 nitrogen and oxygen atoms in total. The summed E-state index contributed by atoms with van der Waals surface area (Å²) in [7, 11) is 0. The molecule has 0 aromatic carbocycles. The monoisotopic (exact) mass is 709 g/mol. The summed E-state index contributed by atoms with van der Waals surface area (Å²) in [6.45, 7) is 0.572. The Morgan fingerprint density at radius 1 is 0.944 bits per heavy atom. The Morgan fingerprint density at radius 3 is 1.56 bits per heavy atom. The minimum absolute atomic E-state index is 0.104. The molecule has 0 rings (SSSR count). The number of esters is 2. The molecule has 1 N–H and O–H groups in total. The first-order valence-electron chi connectivity index (χ1n) is 4.68. The molecular formula is C8H11I4NO5. The second-order valence-corrected chi connectivity index (χ2v) is 12.6. The number of hydroxylamine groups is 2. The van der Waals surface area contributed by atoms with Crippen molar-refractivity contribution in [2.75, 3.05) is 26.3 Å². The van der Waals surface area contributed by atoms with Gasteiger partial charge in [0.1, 0.15) is 13.2 Å². The lowest BCUT2D eigenvalue weighted by Crippen LogP contribution is -2.30. The van der Waals surface area contributed by atoms with Crippen LogP contribution < -0.4 is 0 Å². The fourth-order valence-electron chi connectivity index (χ4n) is 0.741. The van der Waals surface area contributed by atoms with Gasteiger partial charge in [-0.15, -0.1) is 0 Å². The van der Waals surface area contributed by atoms with Crippen LogP contribution in [-0.4, -0.2) is 52.4 Å². The molecule has 0 saturated heterocycles. The molecule has 0 saturated carbocycles. The average molecular weight is 709 g/mol. The lowest BCUT2D eigenvalue weighted by Gasteiger charge is -2.15. The maximum absolute atomic E-state index is 11.1. The van der Waals surface area contributed by atoms with E-state index in [1.165, 1.54) is 0 Å².